The van der Waals surface area contributed by atoms with E-state index in [4.69, 9.17) is 4.74 Å². The zero-order valence-corrected chi connectivity index (χ0v) is 16.6. The summed E-state index contributed by atoms with van der Waals surface area (Å²) in [7, 11) is 1.83. The summed E-state index contributed by atoms with van der Waals surface area (Å²) in [5.74, 6) is 1.57. The molecule has 6 heteroatoms. The van der Waals surface area contributed by atoms with Crippen molar-refractivity contribution < 1.29 is 4.74 Å². The van der Waals surface area contributed by atoms with Crippen LogP contribution in [0.25, 0.3) is 0 Å². The molecule has 24 heavy (non-hydrogen) atoms. The predicted octanol–water partition coefficient (Wildman–Crippen LogP) is 1.29. The summed E-state index contributed by atoms with van der Waals surface area (Å²) in [6, 6.07) is 0.528. The first-order valence-corrected chi connectivity index (χ1v) is 9.33. The molecule has 1 heterocycles. The van der Waals surface area contributed by atoms with Gasteiger partial charge in [0.1, 0.15) is 0 Å². The van der Waals surface area contributed by atoms with Crippen LogP contribution >= 0.6 is 0 Å². The first-order valence-electron chi connectivity index (χ1n) is 9.33. The largest absolute Gasteiger partial charge is 0.379 e. The zero-order valence-electron chi connectivity index (χ0n) is 16.6. The fraction of sp³-hybridized carbons (Fsp3) is 0.944. The standard InChI is InChI=1S/C18H39N5O/c1-15(2)13-16(23-9-11-24-12-10-23)14-21-17(19-6)20-7-8-22-18(3,4)5/h15-16,22H,7-14H2,1-6H3,(H2,19,20,21). The molecule has 1 atom stereocenters. The van der Waals surface area contributed by atoms with Gasteiger partial charge < -0.3 is 20.7 Å². The number of aliphatic imine (C=N–C) groups is 1. The Kier molecular flexibility index (Phi) is 9.63. The van der Waals surface area contributed by atoms with Crippen molar-refractivity contribution in [2.45, 2.75) is 52.6 Å². The molecule has 142 valence electrons. The minimum absolute atomic E-state index is 0.150. The topological polar surface area (TPSA) is 60.9 Å². The Labute approximate surface area is 148 Å². The number of hydrogen-bond donors (Lipinski definition) is 3. The van der Waals surface area contributed by atoms with Gasteiger partial charge in [-0.2, -0.15) is 0 Å². The molecule has 1 aliphatic rings. The average molecular weight is 342 g/mol. The van der Waals surface area contributed by atoms with Gasteiger partial charge in [0, 0.05) is 51.4 Å². The molecule has 0 bridgehead atoms. The van der Waals surface area contributed by atoms with Crippen molar-refractivity contribution >= 4 is 5.96 Å². The van der Waals surface area contributed by atoms with E-state index in [0.29, 0.717) is 12.0 Å². The number of hydrogen-bond acceptors (Lipinski definition) is 4. The van der Waals surface area contributed by atoms with Gasteiger partial charge in [0.15, 0.2) is 5.96 Å². The van der Waals surface area contributed by atoms with Crippen LogP contribution < -0.4 is 16.0 Å². The fourth-order valence-corrected chi connectivity index (χ4v) is 2.90. The number of nitrogens with zero attached hydrogens (tertiary/aromatic N) is 2. The molecule has 6 nitrogen and oxygen atoms in total. The summed E-state index contributed by atoms with van der Waals surface area (Å²) >= 11 is 0. The van der Waals surface area contributed by atoms with Crippen LogP contribution in [0.4, 0.5) is 0 Å². The van der Waals surface area contributed by atoms with E-state index in [0.717, 1.165) is 51.9 Å². The average Bonchev–Trinajstić information content (AvgIpc) is 2.52. The van der Waals surface area contributed by atoms with Crippen molar-refractivity contribution in [1.82, 2.24) is 20.9 Å². The lowest BCUT2D eigenvalue weighted by molar-refractivity contribution is 0.0132. The van der Waals surface area contributed by atoms with Crippen LogP contribution in [-0.2, 0) is 4.74 Å². The van der Waals surface area contributed by atoms with Gasteiger partial charge in [-0.25, -0.2) is 0 Å². The number of rotatable bonds is 8. The predicted molar refractivity (Wildman–Crippen MR) is 103 cm³/mol. The van der Waals surface area contributed by atoms with Crippen molar-refractivity contribution in [1.29, 1.82) is 0 Å². The molecule has 0 spiro atoms. The number of guanidine groups is 1. The van der Waals surface area contributed by atoms with Crippen LogP contribution in [-0.4, -0.2) is 75.4 Å². The van der Waals surface area contributed by atoms with Crippen LogP contribution in [0.5, 0.6) is 0 Å². The number of morpholine rings is 1. The van der Waals surface area contributed by atoms with Crippen LogP contribution in [0.3, 0.4) is 0 Å². The molecule has 3 N–H and O–H groups in total. The summed E-state index contributed by atoms with van der Waals surface area (Å²) in [6.07, 6.45) is 1.19. The molecule has 1 fully saturated rings. The SMILES string of the molecule is CN=C(NCCNC(C)(C)C)NCC(CC(C)C)N1CCOCC1. The lowest BCUT2D eigenvalue weighted by Crippen LogP contribution is -2.51. The van der Waals surface area contributed by atoms with Gasteiger partial charge in [0.25, 0.3) is 0 Å². The Morgan fingerprint density at radius 3 is 2.33 bits per heavy atom. The number of ether oxygens (including phenoxy) is 1. The van der Waals surface area contributed by atoms with Gasteiger partial charge >= 0.3 is 0 Å². The van der Waals surface area contributed by atoms with Gasteiger partial charge in [-0.15, -0.1) is 0 Å². The van der Waals surface area contributed by atoms with E-state index >= 15 is 0 Å². The highest BCUT2D eigenvalue weighted by Crippen LogP contribution is 2.12. The molecule has 0 aromatic heterocycles. The van der Waals surface area contributed by atoms with E-state index in [1.165, 1.54) is 6.42 Å². The summed E-state index contributed by atoms with van der Waals surface area (Å²) < 4.78 is 5.49. The third kappa shape index (κ3) is 9.45. The lowest BCUT2D eigenvalue weighted by Gasteiger charge is -2.35. The molecular weight excluding hydrogens is 302 g/mol. The molecular formula is C18H39N5O. The molecule has 0 radical (unpaired) electrons. The normalized spacial score (nSPS) is 18.7. The first-order chi connectivity index (χ1) is 11.3. The molecule has 0 aromatic rings. The smallest absolute Gasteiger partial charge is 0.191 e. The van der Waals surface area contributed by atoms with Crippen molar-refractivity contribution in [3.8, 4) is 0 Å². The maximum Gasteiger partial charge on any atom is 0.191 e. The lowest BCUT2D eigenvalue weighted by atomic mass is 10.0. The van der Waals surface area contributed by atoms with Crippen LogP contribution in [0, 0.1) is 5.92 Å². The Bertz CT molecular complexity index is 359. The highest BCUT2D eigenvalue weighted by Gasteiger charge is 2.22. The highest BCUT2D eigenvalue weighted by molar-refractivity contribution is 5.79. The Morgan fingerprint density at radius 1 is 1.12 bits per heavy atom. The Hall–Kier alpha value is -0.850. The Balaban J connectivity index is 2.39. The monoisotopic (exact) mass is 341 g/mol. The summed E-state index contributed by atoms with van der Waals surface area (Å²) in [5, 5.41) is 10.4. The highest BCUT2D eigenvalue weighted by atomic mass is 16.5. The van der Waals surface area contributed by atoms with Gasteiger partial charge in [0.05, 0.1) is 13.2 Å². The molecule has 1 saturated heterocycles. The van der Waals surface area contributed by atoms with Gasteiger partial charge in [-0.3, -0.25) is 9.89 Å². The second kappa shape index (κ2) is 10.9. The van der Waals surface area contributed by atoms with Crippen LogP contribution in [0.1, 0.15) is 41.0 Å². The summed E-state index contributed by atoms with van der Waals surface area (Å²) in [5.41, 5.74) is 0.150. The van der Waals surface area contributed by atoms with Crippen molar-refractivity contribution in [3.05, 3.63) is 0 Å². The molecule has 1 rings (SSSR count). The first kappa shape index (κ1) is 21.2. The minimum Gasteiger partial charge on any atom is -0.379 e. The Morgan fingerprint density at radius 2 is 1.79 bits per heavy atom. The fourth-order valence-electron chi connectivity index (χ4n) is 2.90. The van der Waals surface area contributed by atoms with Crippen molar-refractivity contribution in [3.63, 3.8) is 0 Å². The van der Waals surface area contributed by atoms with E-state index in [9.17, 15) is 0 Å². The molecule has 1 aliphatic heterocycles. The van der Waals surface area contributed by atoms with Crippen LogP contribution in [0.2, 0.25) is 0 Å². The van der Waals surface area contributed by atoms with Gasteiger partial charge in [-0.05, 0) is 33.1 Å². The second-order valence-electron chi connectivity index (χ2n) is 7.99. The number of nitrogens with one attached hydrogen (secondary N) is 3. The van der Waals surface area contributed by atoms with Crippen molar-refractivity contribution in [2.75, 3.05) is 53.0 Å². The van der Waals surface area contributed by atoms with E-state index in [2.05, 4.69) is 60.5 Å². The van der Waals surface area contributed by atoms with Crippen molar-refractivity contribution in [2.24, 2.45) is 10.9 Å². The maximum atomic E-state index is 5.49. The van der Waals surface area contributed by atoms with E-state index in [-0.39, 0.29) is 5.54 Å². The van der Waals surface area contributed by atoms with E-state index in [1.54, 1.807) is 0 Å². The molecule has 0 aliphatic carbocycles. The zero-order chi connectivity index (χ0) is 18.0. The summed E-state index contributed by atoms with van der Waals surface area (Å²) in [6.45, 7) is 17.6. The molecule has 1 unspecified atom stereocenters. The molecule has 0 aromatic carbocycles. The third-order valence-corrected chi connectivity index (χ3v) is 4.11. The van der Waals surface area contributed by atoms with Crippen LogP contribution in [0.15, 0.2) is 4.99 Å². The minimum atomic E-state index is 0.150. The maximum absolute atomic E-state index is 5.49. The second-order valence-corrected chi connectivity index (χ2v) is 7.99. The summed E-state index contributed by atoms with van der Waals surface area (Å²) in [4.78, 5) is 6.89. The quantitative estimate of drug-likeness (QED) is 0.353. The van der Waals surface area contributed by atoms with Gasteiger partial charge in [0.2, 0.25) is 0 Å². The molecule has 0 amide bonds. The van der Waals surface area contributed by atoms with E-state index < -0.39 is 0 Å². The third-order valence-electron chi connectivity index (χ3n) is 4.11. The van der Waals surface area contributed by atoms with E-state index in [1.807, 2.05) is 7.05 Å². The van der Waals surface area contributed by atoms with Gasteiger partial charge in [-0.1, -0.05) is 13.8 Å². The molecule has 0 saturated carbocycles.